The van der Waals surface area contributed by atoms with Crippen LogP contribution in [0.15, 0.2) is 24.3 Å². The van der Waals surface area contributed by atoms with Gasteiger partial charge in [0.15, 0.2) is 0 Å². The summed E-state index contributed by atoms with van der Waals surface area (Å²) in [6.07, 6.45) is 4.03. The highest BCUT2D eigenvalue weighted by molar-refractivity contribution is 5.93. The van der Waals surface area contributed by atoms with Gasteiger partial charge in [-0.3, -0.25) is 4.79 Å². The molecular weight excluding hydrogens is 282 g/mol. The molecule has 0 unspecified atom stereocenters. The molecule has 122 valence electrons. The molecule has 6 heteroatoms. The van der Waals surface area contributed by atoms with Gasteiger partial charge in [0.2, 0.25) is 5.91 Å². The summed E-state index contributed by atoms with van der Waals surface area (Å²) in [4.78, 5) is 13.5. The lowest BCUT2D eigenvalue weighted by molar-refractivity contribution is -0.116. The van der Waals surface area contributed by atoms with E-state index in [4.69, 9.17) is 15.9 Å². The maximum atomic E-state index is 11.7. The van der Waals surface area contributed by atoms with Crippen molar-refractivity contribution in [2.75, 3.05) is 43.5 Å². The van der Waals surface area contributed by atoms with Crippen molar-refractivity contribution in [3.05, 3.63) is 29.8 Å². The molecule has 0 spiro atoms. The predicted octanol–water partition coefficient (Wildman–Crippen LogP) is 0.599. The number of nitrogen functional groups attached to an aromatic ring is 1. The van der Waals surface area contributed by atoms with Crippen molar-refractivity contribution in [2.45, 2.75) is 13.3 Å². The van der Waals surface area contributed by atoms with E-state index in [0.717, 1.165) is 17.7 Å². The van der Waals surface area contributed by atoms with Crippen molar-refractivity contribution in [1.29, 1.82) is 0 Å². The summed E-state index contributed by atoms with van der Waals surface area (Å²) in [5.74, 6) is -0.161. The number of nitrogens with zero attached hydrogens (tertiary/aromatic N) is 1. The Labute approximate surface area is 131 Å². The van der Waals surface area contributed by atoms with Gasteiger partial charge in [-0.15, -0.1) is 0 Å². The zero-order valence-corrected chi connectivity index (χ0v) is 13.0. The molecule has 6 nitrogen and oxygen atoms in total. The number of nitrogens with one attached hydrogen (secondary N) is 1. The number of rotatable bonds is 9. The molecule has 0 fully saturated rings. The van der Waals surface area contributed by atoms with Crippen LogP contribution >= 0.6 is 0 Å². The summed E-state index contributed by atoms with van der Waals surface area (Å²) in [6.45, 7) is 3.37. The minimum Gasteiger partial charge on any atom is -0.399 e. The number of amides is 1. The highest BCUT2D eigenvalue weighted by Crippen LogP contribution is 2.24. The van der Waals surface area contributed by atoms with Gasteiger partial charge in [0.05, 0.1) is 13.2 Å². The molecular formula is C16H25N3O3. The van der Waals surface area contributed by atoms with Crippen LogP contribution in [0.2, 0.25) is 0 Å². The Balaban J connectivity index is 2.98. The number of aliphatic hydroxyl groups excluding tert-OH is 2. The monoisotopic (exact) mass is 307 g/mol. The topological polar surface area (TPSA) is 98.8 Å². The van der Waals surface area contributed by atoms with Crippen molar-refractivity contribution < 1.29 is 15.0 Å². The Morgan fingerprint density at radius 3 is 2.59 bits per heavy atom. The smallest absolute Gasteiger partial charge is 0.244 e. The first-order chi connectivity index (χ1) is 10.6. The van der Waals surface area contributed by atoms with Crippen LogP contribution in [-0.4, -0.2) is 49.0 Å². The molecule has 1 rings (SSSR count). The molecule has 22 heavy (non-hydrogen) atoms. The number of anilines is 2. The second-order valence-corrected chi connectivity index (χ2v) is 4.88. The zero-order chi connectivity index (χ0) is 16.4. The van der Waals surface area contributed by atoms with Gasteiger partial charge in [0.1, 0.15) is 0 Å². The Morgan fingerprint density at radius 2 is 2.00 bits per heavy atom. The standard InChI is InChI=1S/C16H25N3O3/c1-2-7-18-16(22)6-3-13-12-14(17)4-5-15(13)19(8-10-20)9-11-21/h3-6,12,20-21H,2,7-11,17H2,1H3,(H,18,22). The number of hydrogen-bond donors (Lipinski definition) is 4. The fourth-order valence-corrected chi connectivity index (χ4v) is 2.06. The predicted molar refractivity (Wildman–Crippen MR) is 89.6 cm³/mol. The minimum absolute atomic E-state index is 0.0233. The van der Waals surface area contributed by atoms with E-state index in [1.165, 1.54) is 6.08 Å². The van der Waals surface area contributed by atoms with Crippen molar-refractivity contribution >= 4 is 23.4 Å². The number of aliphatic hydroxyl groups is 2. The molecule has 0 bridgehead atoms. The van der Waals surface area contributed by atoms with Gasteiger partial charge in [0, 0.05) is 42.6 Å². The fourth-order valence-electron chi connectivity index (χ4n) is 2.06. The van der Waals surface area contributed by atoms with E-state index in [9.17, 15) is 4.79 Å². The first-order valence-electron chi connectivity index (χ1n) is 7.44. The highest BCUT2D eigenvalue weighted by atomic mass is 16.3. The van der Waals surface area contributed by atoms with Crippen molar-refractivity contribution in [3.8, 4) is 0 Å². The van der Waals surface area contributed by atoms with Crippen LogP contribution in [0.25, 0.3) is 6.08 Å². The summed E-state index contributed by atoms with van der Waals surface area (Å²) >= 11 is 0. The Kier molecular flexibility index (Phi) is 8.03. The second-order valence-electron chi connectivity index (χ2n) is 4.88. The zero-order valence-electron chi connectivity index (χ0n) is 13.0. The first-order valence-corrected chi connectivity index (χ1v) is 7.44. The first kappa shape index (κ1) is 18.0. The molecule has 0 saturated heterocycles. The fraction of sp³-hybridized carbons (Fsp3) is 0.438. The molecule has 1 aromatic carbocycles. The quantitative estimate of drug-likeness (QED) is 0.395. The molecule has 0 radical (unpaired) electrons. The molecule has 0 heterocycles. The van der Waals surface area contributed by atoms with E-state index >= 15 is 0 Å². The number of hydrogen-bond acceptors (Lipinski definition) is 5. The maximum absolute atomic E-state index is 11.7. The van der Waals surface area contributed by atoms with Gasteiger partial charge in [-0.25, -0.2) is 0 Å². The Bertz CT molecular complexity index is 497. The van der Waals surface area contributed by atoms with Gasteiger partial charge >= 0.3 is 0 Å². The molecule has 0 aromatic heterocycles. The third-order valence-corrected chi connectivity index (χ3v) is 3.10. The van der Waals surface area contributed by atoms with Crippen LogP contribution in [0.4, 0.5) is 11.4 Å². The number of nitrogens with two attached hydrogens (primary N) is 1. The summed E-state index contributed by atoms with van der Waals surface area (Å²) in [6, 6.07) is 5.34. The van der Waals surface area contributed by atoms with E-state index in [-0.39, 0.29) is 19.1 Å². The molecule has 0 saturated carbocycles. The lowest BCUT2D eigenvalue weighted by Gasteiger charge is -2.25. The summed E-state index contributed by atoms with van der Waals surface area (Å²) in [7, 11) is 0. The average Bonchev–Trinajstić information content (AvgIpc) is 2.51. The molecule has 0 aliphatic carbocycles. The lowest BCUT2D eigenvalue weighted by atomic mass is 10.1. The SMILES string of the molecule is CCCNC(=O)C=Cc1cc(N)ccc1N(CCO)CCO. The molecule has 1 amide bonds. The maximum Gasteiger partial charge on any atom is 0.244 e. The van der Waals surface area contributed by atoms with Gasteiger partial charge in [0.25, 0.3) is 0 Å². The molecule has 0 aliphatic rings. The Hall–Kier alpha value is -2.05. The summed E-state index contributed by atoms with van der Waals surface area (Å²) in [5.41, 5.74) is 7.99. The third-order valence-electron chi connectivity index (χ3n) is 3.10. The van der Waals surface area contributed by atoms with Crippen LogP contribution < -0.4 is 16.0 Å². The van der Waals surface area contributed by atoms with E-state index < -0.39 is 0 Å². The average molecular weight is 307 g/mol. The van der Waals surface area contributed by atoms with Gasteiger partial charge < -0.3 is 26.2 Å². The minimum atomic E-state index is -0.161. The van der Waals surface area contributed by atoms with E-state index in [1.54, 1.807) is 18.2 Å². The van der Waals surface area contributed by atoms with Crippen LogP contribution in [0.5, 0.6) is 0 Å². The van der Waals surface area contributed by atoms with Crippen molar-refractivity contribution in [1.82, 2.24) is 5.32 Å². The van der Waals surface area contributed by atoms with Crippen molar-refractivity contribution in [2.24, 2.45) is 0 Å². The van der Waals surface area contributed by atoms with Crippen LogP contribution in [0.1, 0.15) is 18.9 Å². The molecule has 5 N–H and O–H groups in total. The normalized spacial score (nSPS) is 10.9. The van der Waals surface area contributed by atoms with Crippen LogP contribution in [-0.2, 0) is 4.79 Å². The van der Waals surface area contributed by atoms with Gasteiger partial charge in [-0.05, 0) is 30.7 Å². The number of carbonyl (C=O) groups is 1. The van der Waals surface area contributed by atoms with Crippen LogP contribution in [0, 0.1) is 0 Å². The number of benzene rings is 1. The molecule has 1 aromatic rings. The second kappa shape index (κ2) is 9.81. The van der Waals surface area contributed by atoms with Crippen molar-refractivity contribution in [3.63, 3.8) is 0 Å². The highest BCUT2D eigenvalue weighted by Gasteiger charge is 2.10. The summed E-state index contributed by atoms with van der Waals surface area (Å²) < 4.78 is 0. The Morgan fingerprint density at radius 1 is 1.32 bits per heavy atom. The van der Waals surface area contributed by atoms with E-state index in [1.807, 2.05) is 17.9 Å². The number of carbonyl (C=O) groups excluding carboxylic acids is 1. The third kappa shape index (κ3) is 5.75. The van der Waals surface area contributed by atoms with Crippen LogP contribution in [0.3, 0.4) is 0 Å². The molecule has 0 aliphatic heterocycles. The van der Waals surface area contributed by atoms with E-state index in [2.05, 4.69) is 5.32 Å². The molecule has 0 atom stereocenters. The lowest BCUT2D eigenvalue weighted by Crippen LogP contribution is -2.30. The largest absolute Gasteiger partial charge is 0.399 e. The van der Waals surface area contributed by atoms with E-state index in [0.29, 0.717) is 25.3 Å². The summed E-state index contributed by atoms with van der Waals surface area (Å²) in [5, 5.41) is 21.1. The van der Waals surface area contributed by atoms with Gasteiger partial charge in [-0.1, -0.05) is 6.92 Å². The van der Waals surface area contributed by atoms with Gasteiger partial charge in [-0.2, -0.15) is 0 Å².